The Morgan fingerprint density at radius 3 is 1.90 bits per heavy atom. The Bertz CT molecular complexity index is 125. The van der Waals surface area contributed by atoms with Crippen LogP contribution in [0.25, 0.3) is 0 Å². The molecular formula is C10H18. The second-order valence-corrected chi connectivity index (χ2v) is 3.30. The first-order valence-corrected chi connectivity index (χ1v) is 3.85. The van der Waals surface area contributed by atoms with Crippen LogP contribution in [-0.2, 0) is 0 Å². The largest absolute Gasteiger partial charge is 0.102 e. The maximum absolute atomic E-state index is 3.79. The second-order valence-electron chi connectivity index (χ2n) is 3.30. The van der Waals surface area contributed by atoms with E-state index < -0.39 is 0 Å². The van der Waals surface area contributed by atoms with Crippen LogP contribution in [0, 0.1) is 11.8 Å². The summed E-state index contributed by atoms with van der Waals surface area (Å²) in [6, 6.07) is 0. The molecule has 1 atom stereocenters. The van der Waals surface area contributed by atoms with Crippen molar-refractivity contribution < 1.29 is 0 Å². The topological polar surface area (TPSA) is 0 Å². The van der Waals surface area contributed by atoms with Gasteiger partial charge in [-0.25, -0.2) is 0 Å². The highest BCUT2D eigenvalue weighted by Crippen LogP contribution is 2.14. The van der Waals surface area contributed by atoms with Crippen LogP contribution in [0.15, 0.2) is 24.3 Å². The summed E-state index contributed by atoms with van der Waals surface area (Å²) in [5.41, 5.74) is 1.37. The van der Waals surface area contributed by atoms with E-state index in [1.807, 2.05) is 6.08 Å². The lowest BCUT2D eigenvalue weighted by Gasteiger charge is -2.11. The van der Waals surface area contributed by atoms with Gasteiger partial charge in [0.2, 0.25) is 0 Å². The summed E-state index contributed by atoms with van der Waals surface area (Å²) in [6.45, 7) is 12.5. The molecule has 0 aromatic heterocycles. The molecule has 0 aromatic carbocycles. The van der Waals surface area contributed by atoms with Gasteiger partial charge in [-0.1, -0.05) is 31.6 Å². The Morgan fingerprint density at radius 2 is 1.80 bits per heavy atom. The van der Waals surface area contributed by atoms with Crippen molar-refractivity contribution in [3.8, 4) is 0 Å². The molecule has 0 rings (SSSR count). The van der Waals surface area contributed by atoms with Gasteiger partial charge in [0.1, 0.15) is 0 Å². The third-order valence-electron chi connectivity index (χ3n) is 1.57. The molecule has 0 saturated heterocycles. The third kappa shape index (κ3) is 3.49. The summed E-state index contributed by atoms with van der Waals surface area (Å²) < 4.78 is 0. The molecule has 0 bridgehead atoms. The van der Waals surface area contributed by atoms with Gasteiger partial charge in [-0.05, 0) is 25.7 Å². The fourth-order valence-corrected chi connectivity index (χ4v) is 0.918. The molecule has 1 unspecified atom stereocenters. The van der Waals surface area contributed by atoms with Gasteiger partial charge in [0.05, 0.1) is 0 Å². The van der Waals surface area contributed by atoms with Gasteiger partial charge >= 0.3 is 0 Å². The minimum Gasteiger partial charge on any atom is -0.102 e. The number of allylic oxidation sites excluding steroid dienone is 3. The van der Waals surface area contributed by atoms with Crippen LogP contribution in [0.4, 0.5) is 0 Å². The van der Waals surface area contributed by atoms with Crippen LogP contribution in [0.2, 0.25) is 0 Å². The summed E-state index contributed by atoms with van der Waals surface area (Å²) in [5, 5.41) is 0. The summed E-state index contributed by atoms with van der Waals surface area (Å²) in [6.07, 6.45) is 4.27. The van der Waals surface area contributed by atoms with Crippen LogP contribution in [0.1, 0.15) is 27.7 Å². The highest BCUT2D eigenvalue weighted by Gasteiger charge is 2.03. The maximum atomic E-state index is 3.79. The molecule has 0 aliphatic rings. The summed E-state index contributed by atoms with van der Waals surface area (Å²) >= 11 is 0. The first kappa shape index (κ1) is 9.48. The van der Waals surface area contributed by atoms with Crippen LogP contribution >= 0.6 is 0 Å². The molecule has 10 heavy (non-hydrogen) atoms. The standard InChI is InChI=1S/C10H18/c1-6-10(9(4)5)7-8(2)3/h6-7,9-10H,1H2,2-5H3. The van der Waals surface area contributed by atoms with Crippen molar-refractivity contribution in [2.75, 3.05) is 0 Å². The van der Waals surface area contributed by atoms with Gasteiger partial charge in [-0.2, -0.15) is 0 Å². The summed E-state index contributed by atoms with van der Waals surface area (Å²) in [5.74, 6) is 1.22. The quantitative estimate of drug-likeness (QED) is 0.524. The van der Waals surface area contributed by atoms with Gasteiger partial charge in [0.15, 0.2) is 0 Å². The van der Waals surface area contributed by atoms with Crippen molar-refractivity contribution >= 4 is 0 Å². The average molecular weight is 138 g/mol. The Labute approximate surface area is 64.6 Å². The first-order valence-electron chi connectivity index (χ1n) is 3.85. The van der Waals surface area contributed by atoms with Gasteiger partial charge in [0.25, 0.3) is 0 Å². The van der Waals surface area contributed by atoms with Gasteiger partial charge in [-0.15, -0.1) is 6.58 Å². The zero-order valence-corrected chi connectivity index (χ0v) is 7.52. The minimum atomic E-state index is 0.546. The molecule has 0 aromatic rings. The minimum absolute atomic E-state index is 0.546. The van der Waals surface area contributed by atoms with E-state index in [1.54, 1.807) is 0 Å². The molecule has 0 amide bonds. The molecule has 0 nitrogen and oxygen atoms in total. The molecule has 0 heterocycles. The normalized spacial score (nSPS) is 12.9. The van der Waals surface area contributed by atoms with Gasteiger partial charge < -0.3 is 0 Å². The van der Waals surface area contributed by atoms with Crippen molar-refractivity contribution in [2.45, 2.75) is 27.7 Å². The van der Waals surface area contributed by atoms with Gasteiger partial charge in [-0.3, -0.25) is 0 Å². The Hall–Kier alpha value is -0.520. The molecule has 0 spiro atoms. The van der Waals surface area contributed by atoms with Crippen molar-refractivity contribution in [2.24, 2.45) is 11.8 Å². The lowest BCUT2D eigenvalue weighted by molar-refractivity contribution is 0.548. The molecule has 58 valence electrons. The average Bonchev–Trinajstić information content (AvgIpc) is 1.81. The van der Waals surface area contributed by atoms with Crippen LogP contribution in [-0.4, -0.2) is 0 Å². The monoisotopic (exact) mass is 138 g/mol. The fraction of sp³-hybridized carbons (Fsp3) is 0.600. The Morgan fingerprint density at radius 1 is 1.30 bits per heavy atom. The fourth-order valence-electron chi connectivity index (χ4n) is 0.918. The predicted molar refractivity (Wildman–Crippen MR) is 48.0 cm³/mol. The molecule has 0 N–H and O–H groups in total. The highest BCUT2D eigenvalue weighted by molar-refractivity contribution is 5.04. The van der Waals surface area contributed by atoms with E-state index in [0.717, 1.165) is 0 Å². The van der Waals surface area contributed by atoms with E-state index in [1.165, 1.54) is 5.57 Å². The van der Waals surface area contributed by atoms with Crippen LogP contribution < -0.4 is 0 Å². The first-order chi connectivity index (χ1) is 4.57. The van der Waals surface area contributed by atoms with Crippen molar-refractivity contribution in [3.63, 3.8) is 0 Å². The smallest absolute Gasteiger partial charge is 0.00307 e. The van der Waals surface area contributed by atoms with Crippen molar-refractivity contribution in [3.05, 3.63) is 24.3 Å². The summed E-state index contributed by atoms with van der Waals surface area (Å²) in [4.78, 5) is 0. The second kappa shape index (κ2) is 4.32. The highest BCUT2D eigenvalue weighted by atomic mass is 14.1. The van der Waals surface area contributed by atoms with Gasteiger partial charge in [0, 0.05) is 0 Å². The third-order valence-corrected chi connectivity index (χ3v) is 1.57. The predicted octanol–water partition coefficient (Wildman–Crippen LogP) is 3.41. The number of rotatable bonds is 3. The number of hydrogen-bond acceptors (Lipinski definition) is 0. The van der Waals surface area contributed by atoms with E-state index in [4.69, 9.17) is 0 Å². The molecular weight excluding hydrogens is 120 g/mol. The van der Waals surface area contributed by atoms with Crippen molar-refractivity contribution in [1.82, 2.24) is 0 Å². The van der Waals surface area contributed by atoms with Crippen LogP contribution in [0.3, 0.4) is 0 Å². The van der Waals surface area contributed by atoms with E-state index in [-0.39, 0.29) is 0 Å². The Balaban J connectivity index is 4.09. The van der Waals surface area contributed by atoms with E-state index in [0.29, 0.717) is 11.8 Å². The lowest BCUT2D eigenvalue weighted by Crippen LogP contribution is -2.01. The molecule has 0 saturated carbocycles. The molecule has 0 heteroatoms. The molecule has 0 aliphatic carbocycles. The zero-order chi connectivity index (χ0) is 8.15. The molecule has 0 radical (unpaired) electrons. The Kier molecular flexibility index (Phi) is 4.10. The van der Waals surface area contributed by atoms with E-state index in [2.05, 4.69) is 40.3 Å². The van der Waals surface area contributed by atoms with Crippen LogP contribution in [0.5, 0.6) is 0 Å². The number of hydrogen-bond donors (Lipinski definition) is 0. The SMILES string of the molecule is C=CC(C=C(C)C)C(C)C. The van der Waals surface area contributed by atoms with E-state index in [9.17, 15) is 0 Å². The van der Waals surface area contributed by atoms with Crippen molar-refractivity contribution in [1.29, 1.82) is 0 Å². The van der Waals surface area contributed by atoms with E-state index >= 15 is 0 Å². The zero-order valence-electron chi connectivity index (χ0n) is 7.52. The summed E-state index contributed by atoms with van der Waals surface area (Å²) in [7, 11) is 0. The molecule has 0 fully saturated rings. The molecule has 0 aliphatic heterocycles. The lowest BCUT2D eigenvalue weighted by atomic mass is 9.94. The maximum Gasteiger partial charge on any atom is -0.00307 e.